The lowest BCUT2D eigenvalue weighted by atomic mass is 9.77. The maximum absolute atomic E-state index is 4.73. The molecule has 1 aromatic heterocycles. The zero-order valence-corrected chi connectivity index (χ0v) is 16.3. The molecule has 2 nitrogen and oxygen atoms in total. The van der Waals surface area contributed by atoms with E-state index in [-0.39, 0.29) is 5.41 Å². The van der Waals surface area contributed by atoms with Gasteiger partial charge in [-0.3, -0.25) is 5.10 Å². The predicted octanol–water partition coefficient (Wildman–Crippen LogP) is 5.93. The van der Waals surface area contributed by atoms with E-state index in [0.29, 0.717) is 0 Å². The summed E-state index contributed by atoms with van der Waals surface area (Å²) >= 11 is 0. The maximum atomic E-state index is 4.73. The number of aromatic amines is 1. The largest absolute Gasteiger partial charge is 0.277 e. The van der Waals surface area contributed by atoms with Crippen LogP contribution < -0.4 is 0 Å². The Bertz CT molecular complexity index is 1000. The lowest BCUT2D eigenvalue weighted by Crippen LogP contribution is -2.18. The van der Waals surface area contributed by atoms with E-state index in [0.717, 1.165) is 5.69 Å². The normalized spacial score (nSPS) is 14.5. The van der Waals surface area contributed by atoms with E-state index in [4.69, 9.17) is 5.10 Å². The zero-order valence-electron chi connectivity index (χ0n) is 16.3. The van der Waals surface area contributed by atoms with Gasteiger partial charge in [0.2, 0.25) is 0 Å². The fourth-order valence-corrected chi connectivity index (χ4v) is 4.58. The van der Waals surface area contributed by atoms with Crippen LogP contribution in [0.15, 0.2) is 24.3 Å². The summed E-state index contributed by atoms with van der Waals surface area (Å²) in [5.74, 6) is 0. The van der Waals surface area contributed by atoms with E-state index in [9.17, 15) is 0 Å². The molecule has 0 aliphatic heterocycles. The molecule has 1 aliphatic rings. The zero-order chi connectivity index (χ0) is 18.1. The molecule has 0 amide bonds. The van der Waals surface area contributed by atoms with E-state index in [1.54, 1.807) is 0 Å². The second-order valence-corrected chi connectivity index (χ2v) is 8.06. The summed E-state index contributed by atoms with van der Waals surface area (Å²) in [6.07, 6.45) is 0. The van der Waals surface area contributed by atoms with Crippen LogP contribution in [0.2, 0.25) is 0 Å². The van der Waals surface area contributed by atoms with Crippen LogP contribution in [0.4, 0.5) is 0 Å². The number of hydrogen-bond donors (Lipinski definition) is 1. The van der Waals surface area contributed by atoms with Crippen molar-refractivity contribution in [2.45, 2.75) is 53.9 Å². The van der Waals surface area contributed by atoms with Crippen LogP contribution in [0.25, 0.3) is 22.5 Å². The molecule has 128 valence electrons. The third-order valence-electron chi connectivity index (χ3n) is 6.28. The van der Waals surface area contributed by atoms with E-state index in [2.05, 4.69) is 77.8 Å². The van der Waals surface area contributed by atoms with Crippen molar-refractivity contribution in [3.05, 3.63) is 63.2 Å². The van der Waals surface area contributed by atoms with Crippen LogP contribution in [0.1, 0.15) is 52.8 Å². The van der Waals surface area contributed by atoms with Gasteiger partial charge in [-0.15, -0.1) is 0 Å². The third kappa shape index (κ3) is 2.00. The fourth-order valence-electron chi connectivity index (χ4n) is 4.58. The number of nitrogens with zero attached hydrogens (tertiary/aromatic N) is 1. The molecule has 0 spiro atoms. The first kappa shape index (κ1) is 16.1. The van der Waals surface area contributed by atoms with Gasteiger partial charge in [-0.2, -0.15) is 5.10 Å². The molecular formula is C23H26N2. The quantitative estimate of drug-likeness (QED) is 0.589. The van der Waals surface area contributed by atoms with Crippen LogP contribution in [0.5, 0.6) is 0 Å². The molecule has 4 rings (SSSR count). The van der Waals surface area contributed by atoms with Gasteiger partial charge in [0.25, 0.3) is 0 Å². The van der Waals surface area contributed by atoms with E-state index in [1.807, 2.05) is 0 Å². The number of aryl methyl sites for hydroxylation is 1. The SMILES string of the molecule is Cc1ccc(-c2n[nH]c3c2C(C)(C)c2c(C)c(C)c(C)c(C)c2-3)cc1. The summed E-state index contributed by atoms with van der Waals surface area (Å²) in [5.41, 5.74) is 14.5. The van der Waals surface area contributed by atoms with Crippen LogP contribution in [-0.4, -0.2) is 10.2 Å². The minimum absolute atomic E-state index is 0.0504. The monoisotopic (exact) mass is 330 g/mol. The Morgan fingerprint density at radius 1 is 0.760 bits per heavy atom. The Morgan fingerprint density at radius 2 is 1.36 bits per heavy atom. The van der Waals surface area contributed by atoms with Crippen molar-refractivity contribution in [1.82, 2.24) is 10.2 Å². The second-order valence-electron chi connectivity index (χ2n) is 8.06. The topological polar surface area (TPSA) is 28.7 Å². The molecule has 1 N–H and O–H groups in total. The molecule has 1 heterocycles. The molecule has 0 atom stereocenters. The summed E-state index contributed by atoms with van der Waals surface area (Å²) < 4.78 is 0. The average Bonchev–Trinajstić information content (AvgIpc) is 3.10. The Hall–Kier alpha value is -2.35. The van der Waals surface area contributed by atoms with E-state index in [1.165, 1.54) is 55.8 Å². The lowest BCUT2D eigenvalue weighted by Gasteiger charge is -2.26. The molecule has 1 aliphatic carbocycles. The standard InChI is InChI=1S/C23H26N2/c1-12-8-10-17(11-9-12)21-20-22(25-24-21)18-15(4)13(2)14(3)16(5)19(18)23(20,6)7/h8-11H,1-7H3,(H,24,25). The van der Waals surface area contributed by atoms with Crippen molar-refractivity contribution in [3.63, 3.8) is 0 Å². The molecule has 3 aromatic rings. The maximum Gasteiger partial charge on any atom is 0.0968 e. The highest BCUT2D eigenvalue weighted by molar-refractivity contribution is 5.88. The number of nitrogens with one attached hydrogen (secondary N) is 1. The Balaban J connectivity index is 2.05. The lowest BCUT2D eigenvalue weighted by molar-refractivity contribution is 0.655. The summed E-state index contributed by atoms with van der Waals surface area (Å²) in [5, 5.41) is 8.11. The number of aromatic nitrogens is 2. The summed E-state index contributed by atoms with van der Waals surface area (Å²) in [6.45, 7) is 15.8. The van der Waals surface area contributed by atoms with Gasteiger partial charge < -0.3 is 0 Å². The van der Waals surface area contributed by atoms with Crippen LogP contribution in [-0.2, 0) is 5.41 Å². The number of rotatable bonds is 1. The Kier molecular flexibility index (Phi) is 3.28. The highest BCUT2D eigenvalue weighted by Crippen LogP contribution is 2.54. The molecule has 0 bridgehead atoms. The molecule has 0 saturated carbocycles. The summed E-state index contributed by atoms with van der Waals surface area (Å²) in [4.78, 5) is 0. The van der Waals surface area contributed by atoms with Gasteiger partial charge in [-0.05, 0) is 62.4 Å². The third-order valence-corrected chi connectivity index (χ3v) is 6.28. The van der Waals surface area contributed by atoms with Crippen molar-refractivity contribution in [2.24, 2.45) is 0 Å². The molecule has 2 aromatic carbocycles. The van der Waals surface area contributed by atoms with Crippen molar-refractivity contribution in [1.29, 1.82) is 0 Å². The summed E-state index contributed by atoms with van der Waals surface area (Å²) in [6, 6.07) is 8.69. The number of benzene rings is 2. The first-order valence-corrected chi connectivity index (χ1v) is 9.02. The van der Waals surface area contributed by atoms with E-state index < -0.39 is 0 Å². The van der Waals surface area contributed by atoms with E-state index >= 15 is 0 Å². The van der Waals surface area contributed by atoms with Crippen LogP contribution >= 0.6 is 0 Å². The Labute approximate surface area is 150 Å². The van der Waals surface area contributed by atoms with Gasteiger partial charge in [0.05, 0.1) is 11.4 Å². The second kappa shape index (κ2) is 5.08. The Morgan fingerprint density at radius 3 is 2.00 bits per heavy atom. The molecular weight excluding hydrogens is 304 g/mol. The predicted molar refractivity (Wildman–Crippen MR) is 105 cm³/mol. The van der Waals surface area contributed by atoms with Gasteiger partial charge in [-0.25, -0.2) is 0 Å². The molecule has 0 unspecified atom stereocenters. The van der Waals surface area contributed by atoms with Crippen LogP contribution in [0.3, 0.4) is 0 Å². The van der Waals surface area contributed by atoms with Crippen LogP contribution in [0, 0.1) is 34.6 Å². The van der Waals surface area contributed by atoms with Crippen molar-refractivity contribution in [2.75, 3.05) is 0 Å². The van der Waals surface area contributed by atoms with Crippen molar-refractivity contribution < 1.29 is 0 Å². The molecule has 25 heavy (non-hydrogen) atoms. The number of fused-ring (bicyclic) bond motifs is 3. The molecule has 2 heteroatoms. The minimum atomic E-state index is -0.0504. The van der Waals surface area contributed by atoms with Gasteiger partial charge in [-0.1, -0.05) is 43.7 Å². The summed E-state index contributed by atoms with van der Waals surface area (Å²) in [7, 11) is 0. The highest BCUT2D eigenvalue weighted by Gasteiger charge is 2.42. The smallest absolute Gasteiger partial charge is 0.0968 e. The van der Waals surface area contributed by atoms with Gasteiger partial charge >= 0.3 is 0 Å². The highest BCUT2D eigenvalue weighted by atomic mass is 15.1. The van der Waals surface area contributed by atoms with Gasteiger partial charge in [0.15, 0.2) is 0 Å². The first-order chi connectivity index (χ1) is 11.7. The van der Waals surface area contributed by atoms with Gasteiger partial charge in [0.1, 0.15) is 0 Å². The fraction of sp³-hybridized carbons (Fsp3) is 0.348. The van der Waals surface area contributed by atoms with Crippen molar-refractivity contribution in [3.8, 4) is 22.5 Å². The van der Waals surface area contributed by atoms with Crippen molar-refractivity contribution >= 4 is 0 Å². The minimum Gasteiger partial charge on any atom is -0.277 e. The molecule has 0 saturated heterocycles. The first-order valence-electron chi connectivity index (χ1n) is 9.02. The average molecular weight is 330 g/mol. The molecule has 0 radical (unpaired) electrons. The number of H-pyrrole nitrogens is 1. The number of hydrogen-bond acceptors (Lipinski definition) is 1. The van der Waals surface area contributed by atoms with Gasteiger partial charge in [0, 0.05) is 22.1 Å². The molecule has 0 fully saturated rings.